The van der Waals surface area contributed by atoms with Crippen molar-refractivity contribution in [2.45, 2.75) is 82.9 Å². The molecular formula is C19H32N2O2. The van der Waals surface area contributed by atoms with Crippen molar-refractivity contribution in [3.63, 3.8) is 0 Å². The van der Waals surface area contributed by atoms with Gasteiger partial charge in [0.2, 0.25) is 0 Å². The maximum atomic E-state index is 12.7. The lowest BCUT2D eigenvalue weighted by molar-refractivity contribution is 0.0823. The van der Waals surface area contributed by atoms with Crippen LogP contribution in [0.4, 0.5) is 4.79 Å². The van der Waals surface area contributed by atoms with Crippen molar-refractivity contribution in [1.82, 2.24) is 10.2 Å². The second kappa shape index (κ2) is 6.62. The lowest BCUT2D eigenvalue weighted by Crippen LogP contribution is -2.49. The molecule has 4 rings (SSSR count). The molecule has 1 N–H and O–H groups in total. The van der Waals surface area contributed by atoms with Crippen LogP contribution >= 0.6 is 0 Å². The zero-order valence-electron chi connectivity index (χ0n) is 14.5. The van der Waals surface area contributed by atoms with E-state index in [1.54, 1.807) is 0 Å². The quantitative estimate of drug-likeness (QED) is 0.860. The molecule has 0 aromatic rings. The van der Waals surface area contributed by atoms with E-state index in [4.69, 9.17) is 4.74 Å². The highest BCUT2D eigenvalue weighted by molar-refractivity contribution is 5.75. The maximum Gasteiger partial charge on any atom is 0.317 e. The predicted octanol–water partition coefficient (Wildman–Crippen LogP) is 3.55. The van der Waals surface area contributed by atoms with Crippen LogP contribution in [-0.4, -0.2) is 42.3 Å². The number of carbonyl (C=O) groups is 1. The van der Waals surface area contributed by atoms with E-state index in [0.717, 1.165) is 43.7 Å². The molecule has 130 valence electrons. The highest BCUT2D eigenvalue weighted by Gasteiger charge is 2.42. The summed E-state index contributed by atoms with van der Waals surface area (Å²) in [5.41, 5.74) is 0. The predicted molar refractivity (Wildman–Crippen MR) is 90.3 cm³/mol. The van der Waals surface area contributed by atoms with Gasteiger partial charge in [-0.05, 0) is 76.0 Å². The minimum Gasteiger partial charge on any atom is -0.376 e. The fourth-order valence-electron chi connectivity index (χ4n) is 5.73. The Labute approximate surface area is 140 Å². The van der Waals surface area contributed by atoms with E-state index in [-0.39, 0.29) is 18.2 Å². The molecule has 0 unspecified atom stereocenters. The summed E-state index contributed by atoms with van der Waals surface area (Å²) in [5.74, 6) is 2.87. The number of carbonyl (C=O) groups excluding carboxylic acids is 1. The van der Waals surface area contributed by atoms with Gasteiger partial charge in [-0.2, -0.15) is 0 Å². The van der Waals surface area contributed by atoms with Crippen LogP contribution in [0.25, 0.3) is 0 Å². The first-order chi connectivity index (χ1) is 11.2. The second-order valence-corrected chi connectivity index (χ2v) is 8.45. The van der Waals surface area contributed by atoms with E-state index in [9.17, 15) is 4.79 Å². The molecule has 0 spiro atoms. The normalized spacial score (nSPS) is 40.7. The summed E-state index contributed by atoms with van der Waals surface area (Å²) in [4.78, 5) is 14.9. The molecule has 4 nitrogen and oxygen atoms in total. The molecule has 0 aromatic heterocycles. The Hall–Kier alpha value is -0.770. The van der Waals surface area contributed by atoms with Gasteiger partial charge in [0.05, 0.1) is 12.1 Å². The van der Waals surface area contributed by atoms with Gasteiger partial charge in [-0.1, -0.05) is 6.42 Å². The second-order valence-electron chi connectivity index (χ2n) is 8.45. The summed E-state index contributed by atoms with van der Waals surface area (Å²) in [5, 5.41) is 3.21. The molecule has 2 aliphatic carbocycles. The van der Waals surface area contributed by atoms with E-state index in [1.165, 1.54) is 44.9 Å². The molecule has 2 saturated carbocycles. The molecule has 0 aromatic carbocycles. The maximum absolute atomic E-state index is 12.7. The SMILES string of the molecule is C[C@H](NC(=O)N1CCC[C@@H]1C[C@@H]1C[C@H]2CC[C@H]1C2)[C@@H]1CCCO1. The van der Waals surface area contributed by atoms with Crippen molar-refractivity contribution in [1.29, 1.82) is 0 Å². The number of likely N-dealkylation sites (tertiary alicyclic amines) is 1. The number of rotatable bonds is 4. The van der Waals surface area contributed by atoms with Gasteiger partial charge in [0.1, 0.15) is 0 Å². The van der Waals surface area contributed by atoms with Crippen molar-refractivity contribution in [2.24, 2.45) is 17.8 Å². The molecule has 2 aliphatic heterocycles. The van der Waals surface area contributed by atoms with Crippen molar-refractivity contribution < 1.29 is 9.53 Å². The highest BCUT2D eigenvalue weighted by Crippen LogP contribution is 2.50. The third-order valence-electron chi connectivity index (χ3n) is 6.97. The Kier molecular flexibility index (Phi) is 4.53. The van der Waals surface area contributed by atoms with Crippen LogP contribution in [0.1, 0.15) is 64.7 Å². The van der Waals surface area contributed by atoms with Crippen LogP contribution in [0.5, 0.6) is 0 Å². The highest BCUT2D eigenvalue weighted by atomic mass is 16.5. The fourth-order valence-corrected chi connectivity index (χ4v) is 5.73. The minimum atomic E-state index is 0.133. The Bertz CT molecular complexity index is 435. The number of urea groups is 1. The van der Waals surface area contributed by atoms with Crippen LogP contribution < -0.4 is 5.32 Å². The van der Waals surface area contributed by atoms with Gasteiger partial charge in [-0.3, -0.25) is 0 Å². The van der Waals surface area contributed by atoms with Crippen molar-refractivity contribution in [3.8, 4) is 0 Å². The molecule has 2 heterocycles. The van der Waals surface area contributed by atoms with E-state index in [2.05, 4.69) is 17.1 Å². The molecule has 23 heavy (non-hydrogen) atoms. The number of nitrogens with one attached hydrogen (secondary N) is 1. The van der Waals surface area contributed by atoms with Gasteiger partial charge in [0.15, 0.2) is 0 Å². The first-order valence-corrected chi connectivity index (χ1v) is 9.89. The lowest BCUT2D eigenvalue weighted by Gasteiger charge is -2.32. The number of hydrogen-bond donors (Lipinski definition) is 1. The monoisotopic (exact) mass is 320 g/mol. The Morgan fingerprint density at radius 2 is 2.13 bits per heavy atom. The summed E-state index contributed by atoms with van der Waals surface area (Å²) >= 11 is 0. The third-order valence-corrected chi connectivity index (χ3v) is 6.97. The van der Waals surface area contributed by atoms with Crippen LogP contribution in [0, 0.1) is 17.8 Å². The van der Waals surface area contributed by atoms with Crippen molar-refractivity contribution in [3.05, 3.63) is 0 Å². The first kappa shape index (κ1) is 15.7. The Morgan fingerprint density at radius 3 is 2.83 bits per heavy atom. The average molecular weight is 320 g/mol. The van der Waals surface area contributed by atoms with Gasteiger partial charge < -0.3 is 15.0 Å². The van der Waals surface area contributed by atoms with Crippen molar-refractivity contribution >= 4 is 6.03 Å². The van der Waals surface area contributed by atoms with Crippen LogP contribution in [0.2, 0.25) is 0 Å². The van der Waals surface area contributed by atoms with E-state index in [1.807, 2.05) is 0 Å². The smallest absolute Gasteiger partial charge is 0.317 e. The molecule has 4 fully saturated rings. The Balaban J connectivity index is 1.31. The summed E-state index contributed by atoms with van der Waals surface area (Å²) in [6.07, 6.45) is 11.9. The van der Waals surface area contributed by atoms with E-state index in [0.29, 0.717) is 6.04 Å². The molecule has 4 aliphatic rings. The average Bonchev–Trinajstić information content (AvgIpc) is 3.32. The largest absolute Gasteiger partial charge is 0.376 e. The molecule has 0 radical (unpaired) electrons. The third kappa shape index (κ3) is 3.24. The molecule has 2 amide bonds. The summed E-state index contributed by atoms with van der Waals surface area (Å²) < 4.78 is 5.71. The van der Waals surface area contributed by atoms with Crippen molar-refractivity contribution in [2.75, 3.05) is 13.2 Å². The summed E-state index contributed by atoms with van der Waals surface area (Å²) in [6, 6.07) is 0.767. The zero-order chi connectivity index (χ0) is 15.8. The zero-order valence-corrected chi connectivity index (χ0v) is 14.5. The van der Waals surface area contributed by atoms with Gasteiger partial charge in [0.25, 0.3) is 0 Å². The molecule has 4 heteroatoms. The van der Waals surface area contributed by atoms with E-state index < -0.39 is 0 Å². The van der Waals surface area contributed by atoms with Crippen LogP contribution in [0.15, 0.2) is 0 Å². The lowest BCUT2D eigenvalue weighted by atomic mass is 9.84. The number of nitrogens with zero attached hydrogens (tertiary/aromatic N) is 1. The van der Waals surface area contributed by atoms with E-state index >= 15 is 0 Å². The van der Waals surface area contributed by atoms with Crippen LogP contribution in [0.3, 0.4) is 0 Å². The Morgan fingerprint density at radius 1 is 1.22 bits per heavy atom. The summed E-state index contributed by atoms with van der Waals surface area (Å²) in [7, 11) is 0. The number of amides is 2. The molecule has 2 bridgehead atoms. The van der Waals surface area contributed by atoms with Gasteiger partial charge in [-0.25, -0.2) is 4.79 Å². The number of ether oxygens (including phenoxy) is 1. The molecule has 2 saturated heterocycles. The summed E-state index contributed by atoms with van der Waals surface area (Å²) in [6.45, 7) is 3.88. The number of fused-ring (bicyclic) bond motifs is 2. The number of hydrogen-bond acceptors (Lipinski definition) is 2. The molecule has 6 atom stereocenters. The topological polar surface area (TPSA) is 41.6 Å². The van der Waals surface area contributed by atoms with Gasteiger partial charge in [0, 0.05) is 19.2 Å². The van der Waals surface area contributed by atoms with Gasteiger partial charge >= 0.3 is 6.03 Å². The standard InChI is InChI=1S/C19H32N2O2/c1-13(18-5-3-9-23-18)20-19(22)21-8-2-4-17(21)12-16-11-14-6-7-15(16)10-14/h13-18H,2-12H2,1H3,(H,20,22)/t13-,14-,15-,16-,17+,18-/m0/s1. The van der Waals surface area contributed by atoms with Crippen LogP contribution in [-0.2, 0) is 4.74 Å². The molecular weight excluding hydrogens is 288 g/mol. The van der Waals surface area contributed by atoms with Gasteiger partial charge in [-0.15, -0.1) is 0 Å². The first-order valence-electron chi connectivity index (χ1n) is 9.89. The fraction of sp³-hybridized carbons (Fsp3) is 0.947. The minimum absolute atomic E-state index is 0.133.